The zero-order valence-electron chi connectivity index (χ0n) is 24.6. The number of rotatable bonds is 6. The predicted molar refractivity (Wildman–Crippen MR) is 174 cm³/mol. The van der Waals surface area contributed by atoms with E-state index in [1.807, 2.05) is 19.2 Å². The highest BCUT2D eigenvalue weighted by atomic mass is 16.3. The van der Waals surface area contributed by atoms with Gasteiger partial charge in [-0.25, -0.2) is 0 Å². The molecule has 0 unspecified atom stereocenters. The normalized spacial score (nSPS) is 16.2. The Kier molecular flexibility index (Phi) is 7.45. The number of nitrogens with zero attached hydrogens (tertiary/aromatic N) is 2. The fourth-order valence-electron chi connectivity index (χ4n) is 6.70. The largest absolute Gasteiger partial charge is 0.455 e. The molecule has 2 aromatic heterocycles. The van der Waals surface area contributed by atoms with Crippen molar-refractivity contribution >= 4 is 33.2 Å². The highest BCUT2D eigenvalue weighted by Crippen LogP contribution is 2.41. The molecule has 0 amide bonds. The zero-order chi connectivity index (χ0) is 28.4. The summed E-state index contributed by atoms with van der Waals surface area (Å²) in [6.07, 6.45) is 12.3. The lowest BCUT2D eigenvalue weighted by molar-refractivity contribution is 0.374. The number of aliphatic imine (C=N–C) groups is 1. The SMILES string of the molecule is C/N=C(/C=C\C=C(/C)c1c(C)ccc2c1oc1ccccc12)C1(c2cccc(-c3ccccc3C)n2)CCCCC1. The Morgan fingerprint density at radius 1 is 0.829 bits per heavy atom. The molecule has 6 rings (SSSR count). The number of aromatic nitrogens is 1. The molecule has 5 aromatic rings. The number of hydrogen-bond acceptors (Lipinski definition) is 3. The fourth-order valence-corrected chi connectivity index (χ4v) is 6.70. The third-order valence-electron chi connectivity index (χ3n) is 8.85. The zero-order valence-corrected chi connectivity index (χ0v) is 24.6. The van der Waals surface area contributed by atoms with Crippen LogP contribution >= 0.6 is 0 Å². The predicted octanol–water partition coefficient (Wildman–Crippen LogP) is 10.2. The summed E-state index contributed by atoms with van der Waals surface area (Å²) in [7, 11) is 1.93. The third kappa shape index (κ3) is 4.95. The van der Waals surface area contributed by atoms with E-state index in [9.17, 15) is 0 Å². The summed E-state index contributed by atoms with van der Waals surface area (Å²) in [5.74, 6) is 0. The molecule has 0 bridgehead atoms. The fraction of sp³-hybridized carbons (Fsp3) is 0.263. The maximum Gasteiger partial charge on any atom is 0.143 e. The Labute approximate surface area is 243 Å². The summed E-state index contributed by atoms with van der Waals surface area (Å²) in [5.41, 5.74) is 11.0. The van der Waals surface area contributed by atoms with Gasteiger partial charge in [0.25, 0.3) is 0 Å². The van der Waals surface area contributed by atoms with Crippen LogP contribution in [0.3, 0.4) is 0 Å². The van der Waals surface area contributed by atoms with Crippen molar-refractivity contribution in [2.45, 2.75) is 58.3 Å². The van der Waals surface area contributed by atoms with E-state index in [2.05, 4.69) is 106 Å². The van der Waals surface area contributed by atoms with Crippen molar-refractivity contribution in [3.8, 4) is 11.3 Å². The van der Waals surface area contributed by atoms with Gasteiger partial charge in [0.1, 0.15) is 11.2 Å². The Balaban J connectivity index is 1.37. The summed E-state index contributed by atoms with van der Waals surface area (Å²) >= 11 is 0. The molecule has 0 radical (unpaired) electrons. The molecule has 2 heterocycles. The molecule has 0 N–H and O–H groups in total. The van der Waals surface area contributed by atoms with Crippen LogP contribution in [0.4, 0.5) is 0 Å². The van der Waals surface area contributed by atoms with Crippen molar-refractivity contribution in [2.75, 3.05) is 7.05 Å². The summed E-state index contributed by atoms with van der Waals surface area (Å²) in [4.78, 5) is 10.2. The van der Waals surface area contributed by atoms with Gasteiger partial charge in [-0.3, -0.25) is 9.98 Å². The van der Waals surface area contributed by atoms with Crippen LogP contribution in [0.5, 0.6) is 0 Å². The lowest BCUT2D eigenvalue weighted by Crippen LogP contribution is -2.38. The van der Waals surface area contributed by atoms with E-state index in [4.69, 9.17) is 14.4 Å². The Hall–Kier alpha value is -4.24. The minimum Gasteiger partial charge on any atom is -0.455 e. The second-order valence-corrected chi connectivity index (χ2v) is 11.4. The van der Waals surface area contributed by atoms with Gasteiger partial charge in [0.2, 0.25) is 0 Å². The number of benzene rings is 3. The summed E-state index contributed by atoms with van der Waals surface area (Å²) < 4.78 is 6.36. The molecule has 3 nitrogen and oxygen atoms in total. The van der Waals surface area contributed by atoms with Crippen LogP contribution in [0.25, 0.3) is 38.8 Å². The molecular formula is C38H38N2O. The molecule has 1 fully saturated rings. The maximum atomic E-state index is 6.36. The number of aryl methyl sites for hydroxylation is 2. The van der Waals surface area contributed by atoms with Crippen molar-refractivity contribution in [2.24, 2.45) is 4.99 Å². The van der Waals surface area contributed by atoms with Crippen molar-refractivity contribution in [1.29, 1.82) is 0 Å². The monoisotopic (exact) mass is 538 g/mol. The summed E-state index contributed by atoms with van der Waals surface area (Å²) in [5, 5.41) is 2.32. The molecular weight excluding hydrogens is 500 g/mol. The first-order valence-corrected chi connectivity index (χ1v) is 14.8. The molecule has 0 aliphatic heterocycles. The maximum absolute atomic E-state index is 6.36. The molecule has 3 heteroatoms. The minimum absolute atomic E-state index is 0.182. The van der Waals surface area contributed by atoms with Gasteiger partial charge in [0.15, 0.2) is 0 Å². The van der Waals surface area contributed by atoms with Gasteiger partial charge in [-0.1, -0.05) is 92.1 Å². The second kappa shape index (κ2) is 11.3. The molecule has 206 valence electrons. The van der Waals surface area contributed by atoms with Gasteiger partial charge < -0.3 is 4.42 Å². The third-order valence-corrected chi connectivity index (χ3v) is 8.85. The van der Waals surface area contributed by atoms with E-state index in [-0.39, 0.29) is 5.41 Å². The van der Waals surface area contributed by atoms with E-state index in [1.54, 1.807) is 0 Å². The highest BCUT2D eigenvalue weighted by molar-refractivity contribution is 6.08. The van der Waals surface area contributed by atoms with Crippen molar-refractivity contribution in [3.63, 3.8) is 0 Å². The van der Waals surface area contributed by atoms with Gasteiger partial charge >= 0.3 is 0 Å². The Morgan fingerprint density at radius 2 is 1.61 bits per heavy atom. The standard InChI is InChI=1S/C38H38N2O/c1-26-14-6-7-16-29(26)32-18-13-21-35(40-32)38(24-10-5-11-25-38)34(39-4)20-12-15-27(2)36-28(3)22-23-31-30-17-8-9-19-33(30)41-37(31)36/h6-9,12-23H,5,10-11,24-25H2,1-4H3/b20-12-,27-15+,39-34-. The Bertz CT molecular complexity index is 1810. The molecule has 1 aliphatic carbocycles. The average molecular weight is 539 g/mol. The quantitative estimate of drug-likeness (QED) is 0.159. The van der Waals surface area contributed by atoms with E-state index in [1.165, 1.54) is 47.1 Å². The summed E-state index contributed by atoms with van der Waals surface area (Å²) in [6.45, 7) is 6.49. The lowest BCUT2D eigenvalue weighted by atomic mass is 9.68. The number of pyridine rings is 1. The minimum atomic E-state index is -0.182. The highest BCUT2D eigenvalue weighted by Gasteiger charge is 2.39. The number of furan rings is 1. The van der Waals surface area contributed by atoms with E-state index < -0.39 is 0 Å². The van der Waals surface area contributed by atoms with Crippen LogP contribution in [0.15, 0.2) is 107 Å². The number of allylic oxidation sites excluding steroid dienone is 4. The molecule has 0 atom stereocenters. The molecule has 1 saturated carbocycles. The van der Waals surface area contributed by atoms with Crippen LogP contribution in [0.1, 0.15) is 61.4 Å². The van der Waals surface area contributed by atoms with Gasteiger partial charge in [-0.2, -0.15) is 0 Å². The van der Waals surface area contributed by atoms with Gasteiger partial charge in [-0.15, -0.1) is 0 Å². The van der Waals surface area contributed by atoms with Crippen molar-refractivity contribution in [1.82, 2.24) is 4.98 Å². The number of hydrogen-bond donors (Lipinski definition) is 0. The second-order valence-electron chi connectivity index (χ2n) is 11.4. The molecule has 41 heavy (non-hydrogen) atoms. The molecule has 0 spiro atoms. The van der Waals surface area contributed by atoms with Gasteiger partial charge in [0.05, 0.1) is 16.8 Å². The van der Waals surface area contributed by atoms with Gasteiger partial charge in [-0.05, 0) is 74.6 Å². The average Bonchev–Trinajstić information content (AvgIpc) is 3.38. The topological polar surface area (TPSA) is 38.4 Å². The number of fused-ring (bicyclic) bond motifs is 3. The van der Waals surface area contributed by atoms with Crippen molar-refractivity contribution < 1.29 is 4.42 Å². The first kappa shape index (κ1) is 27.0. The first-order valence-electron chi connectivity index (χ1n) is 14.8. The Morgan fingerprint density at radius 3 is 2.41 bits per heavy atom. The molecule has 3 aromatic carbocycles. The van der Waals surface area contributed by atoms with Crippen LogP contribution in [0.2, 0.25) is 0 Å². The van der Waals surface area contributed by atoms with Crippen LogP contribution in [0, 0.1) is 13.8 Å². The van der Waals surface area contributed by atoms with Crippen LogP contribution in [-0.2, 0) is 5.41 Å². The van der Waals surface area contributed by atoms with Crippen LogP contribution in [-0.4, -0.2) is 17.7 Å². The van der Waals surface area contributed by atoms with E-state index >= 15 is 0 Å². The van der Waals surface area contributed by atoms with E-state index in [0.717, 1.165) is 51.9 Å². The summed E-state index contributed by atoms with van der Waals surface area (Å²) in [6, 6.07) is 27.7. The molecule has 0 saturated heterocycles. The van der Waals surface area contributed by atoms with E-state index in [0.29, 0.717) is 0 Å². The smallest absolute Gasteiger partial charge is 0.143 e. The van der Waals surface area contributed by atoms with Gasteiger partial charge in [0, 0.05) is 34.7 Å². The molecule has 1 aliphatic rings. The van der Waals surface area contributed by atoms with Crippen molar-refractivity contribution in [3.05, 3.63) is 119 Å². The first-order chi connectivity index (χ1) is 20.0. The van der Waals surface area contributed by atoms with Crippen LogP contribution < -0.4 is 0 Å². The number of para-hydroxylation sites is 1. The lowest BCUT2D eigenvalue weighted by Gasteiger charge is -2.37.